The van der Waals surface area contributed by atoms with Crippen molar-refractivity contribution in [1.82, 2.24) is 10.6 Å². The van der Waals surface area contributed by atoms with Crippen LogP contribution in [-0.2, 0) is 25.6 Å². The predicted octanol–water partition coefficient (Wildman–Crippen LogP) is 1.53. The second-order valence-electron chi connectivity index (χ2n) is 8.31. The zero-order chi connectivity index (χ0) is 22.0. The Morgan fingerprint density at radius 1 is 1.07 bits per heavy atom. The molecule has 1 aromatic rings. The van der Waals surface area contributed by atoms with Crippen molar-refractivity contribution in [1.29, 1.82) is 0 Å². The molecule has 0 aliphatic heterocycles. The molecule has 0 heterocycles. The van der Waals surface area contributed by atoms with Gasteiger partial charge in [0, 0.05) is 17.9 Å². The fourth-order valence-electron chi connectivity index (χ4n) is 3.02. The van der Waals surface area contributed by atoms with E-state index in [0.717, 1.165) is 12.0 Å². The Bertz CT molecular complexity index is 711. The van der Waals surface area contributed by atoms with Crippen molar-refractivity contribution in [3.8, 4) is 0 Å². The summed E-state index contributed by atoms with van der Waals surface area (Å²) < 4.78 is 0. The van der Waals surface area contributed by atoms with Crippen LogP contribution >= 0.6 is 0 Å². The lowest BCUT2D eigenvalue weighted by Gasteiger charge is -2.27. The molecule has 0 aromatic heterocycles. The Balaban J connectivity index is 2.61. The van der Waals surface area contributed by atoms with Crippen LogP contribution in [0.15, 0.2) is 30.3 Å². The van der Waals surface area contributed by atoms with E-state index in [1.807, 2.05) is 58.0 Å². The molecule has 7 nitrogen and oxygen atoms in total. The van der Waals surface area contributed by atoms with Gasteiger partial charge in [-0.2, -0.15) is 0 Å². The predicted molar refractivity (Wildman–Crippen MR) is 112 cm³/mol. The van der Waals surface area contributed by atoms with E-state index in [4.69, 9.17) is 5.73 Å². The van der Waals surface area contributed by atoms with E-state index in [9.17, 15) is 19.2 Å². The topological polar surface area (TPSA) is 118 Å². The number of hydrogen-bond acceptors (Lipinski definition) is 5. The van der Waals surface area contributed by atoms with Crippen LogP contribution in [0.4, 0.5) is 0 Å². The molecule has 0 bridgehead atoms. The van der Waals surface area contributed by atoms with E-state index in [0.29, 0.717) is 12.8 Å². The zero-order valence-electron chi connectivity index (χ0n) is 17.8. The first kappa shape index (κ1) is 24.5. The molecule has 4 N–H and O–H groups in total. The molecule has 0 aliphatic carbocycles. The van der Waals surface area contributed by atoms with Crippen molar-refractivity contribution < 1.29 is 19.2 Å². The van der Waals surface area contributed by atoms with E-state index in [1.54, 1.807) is 0 Å². The van der Waals surface area contributed by atoms with Crippen LogP contribution in [0.1, 0.15) is 52.5 Å². The minimum absolute atomic E-state index is 0.0860. The summed E-state index contributed by atoms with van der Waals surface area (Å²) in [6, 6.07) is 8.67. The molecule has 7 heteroatoms. The van der Waals surface area contributed by atoms with Crippen LogP contribution in [0.3, 0.4) is 0 Å². The average molecular weight is 404 g/mol. The first-order chi connectivity index (χ1) is 13.5. The molecule has 1 aromatic carbocycles. The molecule has 0 spiro atoms. The number of amides is 2. The molecule has 0 saturated heterocycles. The van der Waals surface area contributed by atoms with Crippen molar-refractivity contribution >= 4 is 23.4 Å². The summed E-state index contributed by atoms with van der Waals surface area (Å²) in [6.45, 7) is 7.38. The van der Waals surface area contributed by atoms with Crippen molar-refractivity contribution in [3.05, 3.63) is 35.9 Å². The molecule has 0 saturated carbocycles. The molecule has 29 heavy (non-hydrogen) atoms. The summed E-state index contributed by atoms with van der Waals surface area (Å²) in [6.07, 6.45) is 1.53. The summed E-state index contributed by atoms with van der Waals surface area (Å²) in [5, 5.41) is 5.53. The number of hydrogen-bond donors (Lipinski definition) is 3. The van der Waals surface area contributed by atoms with E-state index in [-0.39, 0.29) is 24.3 Å². The summed E-state index contributed by atoms with van der Waals surface area (Å²) in [5.41, 5.74) is 6.01. The number of carbonyl (C=O) groups excluding carboxylic acids is 4. The zero-order valence-corrected chi connectivity index (χ0v) is 17.8. The van der Waals surface area contributed by atoms with Crippen molar-refractivity contribution in [2.75, 3.05) is 6.54 Å². The molecule has 0 aliphatic rings. The number of nitrogens with two attached hydrogens (primary N) is 1. The first-order valence-electron chi connectivity index (χ1n) is 9.98. The first-order valence-corrected chi connectivity index (χ1v) is 9.98. The van der Waals surface area contributed by atoms with Crippen LogP contribution in [0.5, 0.6) is 0 Å². The third-order valence-electron chi connectivity index (χ3n) is 4.37. The van der Waals surface area contributed by atoms with E-state index >= 15 is 0 Å². The Morgan fingerprint density at radius 3 is 2.21 bits per heavy atom. The molecular formula is C22H33N3O4. The van der Waals surface area contributed by atoms with Gasteiger partial charge >= 0.3 is 0 Å². The summed E-state index contributed by atoms with van der Waals surface area (Å²) in [7, 11) is 0. The molecule has 1 rings (SSSR count). The lowest BCUT2D eigenvalue weighted by molar-refractivity contribution is -0.140. The highest BCUT2D eigenvalue weighted by atomic mass is 16.2. The number of nitrogens with one attached hydrogen (secondary N) is 2. The number of primary amides is 1. The number of Topliss-reactive ketones (excluding diaryl/α,β-unsaturated/α-hetero) is 2. The maximum absolute atomic E-state index is 12.4. The summed E-state index contributed by atoms with van der Waals surface area (Å²) >= 11 is 0. The third-order valence-corrected chi connectivity index (χ3v) is 4.37. The normalized spacial score (nSPS) is 13.4. The second-order valence-corrected chi connectivity index (χ2v) is 8.31. The molecule has 0 fully saturated rings. The Hall–Kier alpha value is -2.54. The fourth-order valence-corrected chi connectivity index (χ4v) is 3.02. The lowest BCUT2D eigenvalue weighted by atomic mass is 9.93. The van der Waals surface area contributed by atoms with Gasteiger partial charge in [0.05, 0.1) is 12.6 Å². The molecular weight excluding hydrogens is 370 g/mol. The van der Waals surface area contributed by atoms with Gasteiger partial charge in [0.25, 0.3) is 5.91 Å². The smallest absolute Gasteiger partial charge is 0.289 e. The van der Waals surface area contributed by atoms with E-state index in [2.05, 4.69) is 10.6 Å². The minimum Gasteiger partial charge on any atom is -0.369 e. The summed E-state index contributed by atoms with van der Waals surface area (Å²) in [5.74, 6) is -2.96. The van der Waals surface area contributed by atoms with Crippen molar-refractivity contribution in [2.45, 2.75) is 65.0 Å². The Kier molecular flexibility index (Phi) is 9.68. The maximum atomic E-state index is 12.4. The third kappa shape index (κ3) is 9.47. The molecule has 2 unspecified atom stereocenters. The van der Waals surface area contributed by atoms with Crippen LogP contribution in [0.25, 0.3) is 0 Å². The molecule has 2 atom stereocenters. The van der Waals surface area contributed by atoms with Crippen LogP contribution in [0, 0.1) is 5.92 Å². The maximum Gasteiger partial charge on any atom is 0.289 e. The van der Waals surface area contributed by atoms with Gasteiger partial charge in [0.1, 0.15) is 0 Å². The standard InChI is InChI=1S/C22H33N3O4/c1-5-9-18(25-22(2,3)4)19(27)21(29)24-14-17(26)13-16(20(23)28)12-15-10-7-6-8-11-15/h6-8,10-11,16,18,25H,5,9,12-14H2,1-4H3,(H2,23,28)(H,24,29). The highest BCUT2D eigenvalue weighted by Crippen LogP contribution is 2.12. The highest BCUT2D eigenvalue weighted by Gasteiger charge is 2.28. The number of rotatable bonds is 12. The Morgan fingerprint density at radius 2 is 1.69 bits per heavy atom. The largest absolute Gasteiger partial charge is 0.369 e. The van der Waals surface area contributed by atoms with Crippen molar-refractivity contribution in [3.63, 3.8) is 0 Å². The second kappa shape index (κ2) is 11.5. The van der Waals surface area contributed by atoms with E-state index < -0.39 is 29.6 Å². The van der Waals surface area contributed by atoms with Gasteiger partial charge in [-0.1, -0.05) is 43.7 Å². The van der Waals surface area contributed by atoms with Gasteiger partial charge in [0.15, 0.2) is 5.78 Å². The molecule has 160 valence electrons. The quantitative estimate of drug-likeness (QED) is 0.457. The average Bonchev–Trinajstić information content (AvgIpc) is 2.64. The molecule has 2 amide bonds. The van der Waals surface area contributed by atoms with Gasteiger partial charge in [-0.25, -0.2) is 0 Å². The van der Waals surface area contributed by atoms with Gasteiger partial charge in [-0.05, 0) is 39.2 Å². The van der Waals surface area contributed by atoms with Gasteiger partial charge in [0.2, 0.25) is 11.7 Å². The lowest BCUT2D eigenvalue weighted by Crippen LogP contribution is -2.52. The van der Waals surface area contributed by atoms with Gasteiger partial charge in [-0.15, -0.1) is 0 Å². The van der Waals surface area contributed by atoms with Gasteiger partial charge in [-0.3, -0.25) is 19.2 Å². The summed E-state index contributed by atoms with van der Waals surface area (Å²) in [4.78, 5) is 48.6. The fraction of sp³-hybridized carbons (Fsp3) is 0.545. The van der Waals surface area contributed by atoms with Crippen LogP contribution in [0.2, 0.25) is 0 Å². The van der Waals surface area contributed by atoms with Crippen LogP contribution < -0.4 is 16.4 Å². The highest BCUT2D eigenvalue weighted by molar-refractivity contribution is 6.38. The van der Waals surface area contributed by atoms with Gasteiger partial charge < -0.3 is 16.4 Å². The van der Waals surface area contributed by atoms with E-state index in [1.165, 1.54) is 0 Å². The Labute approximate surface area is 172 Å². The SMILES string of the molecule is CCCC(NC(C)(C)C)C(=O)C(=O)NCC(=O)CC(Cc1ccccc1)C(N)=O. The number of benzene rings is 1. The minimum atomic E-state index is -0.799. The monoisotopic (exact) mass is 403 g/mol. The number of ketones is 2. The molecule has 0 radical (unpaired) electrons. The number of carbonyl (C=O) groups is 4. The van der Waals surface area contributed by atoms with Crippen molar-refractivity contribution in [2.24, 2.45) is 11.7 Å². The van der Waals surface area contributed by atoms with Crippen LogP contribution in [-0.4, -0.2) is 41.5 Å².